The minimum Gasteiger partial charge on any atom is -0.378 e. The number of para-hydroxylation sites is 2. The van der Waals surface area contributed by atoms with Crippen molar-refractivity contribution in [2.24, 2.45) is 0 Å². The Bertz CT molecular complexity index is 1010. The summed E-state index contributed by atoms with van der Waals surface area (Å²) in [6, 6.07) is 12.2. The Morgan fingerprint density at radius 2 is 1.93 bits per heavy atom. The van der Waals surface area contributed by atoms with Gasteiger partial charge >= 0.3 is 0 Å². The number of nitro benzene ring substituents is 1. The lowest BCUT2D eigenvalue weighted by molar-refractivity contribution is -0.383. The molecule has 0 unspecified atom stereocenters. The molecule has 0 atom stereocenters. The van der Waals surface area contributed by atoms with Gasteiger partial charge in [-0.2, -0.15) is 4.98 Å². The van der Waals surface area contributed by atoms with Crippen molar-refractivity contribution < 1.29 is 9.66 Å². The lowest BCUT2D eigenvalue weighted by Gasteiger charge is -2.27. The number of nitrogens with one attached hydrogen (secondary N) is 1. The van der Waals surface area contributed by atoms with E-state index < -0.39 is 4.92 Å². The summed E-state index contributed by atoms with van der Waals surface area (Å²) in [5.41, 5.74) is 1.14. The first kappa shape index (κ1) is 17.6. The molecular weight excluding hydrogens is 414 g/mol. The van der Waals surface area contributed by atoms with E-state index in [9.17, 15) is 10.1 Å². The lowest BCUT2D eigenvalue weighted by Crippen LogP contribution is -2.37. The van der Waals surface area contributed by atoms with E-state index in [4.69, 9.17) is 4.74 Å². The van der Waals surface area contributed by atoms with Crippen molar-refractivity contribution in [2.45, 2.75) is 0 Å². The zero-order valence-electron chi connectivity index (χ0n) is 14.3. The molecule has 0 bridgehead atoms. The molecular formula is C18H16BrN5O3. The molecule has 3 aromatic rings. The van der Waals surface area contributed by atoms with E-state index in [1.54, 1.807) is 18.2 Å². The molecule has 0 spiro atoms. The summed E-state index contributed by atoms with van der Waals surface area (Å²) < 4.78 is 6.28. The number of hydrogen-bond donors (Lipinski definition) is 1. The van der Waals surface area contributed by atoms with Gasteiger partial charge in [-0.25, -0.2) is 4.98 Å². The van der Waals surface area contributed by atoms with E-state index in [-0.39, 0.29) is 5.69 Å². The van der Waals surface area contributed by atoms with Gasteiger partial charge in [-0.1, -0.05) is 28.1 Å². The number of halogens is 1. The number of rotatable bonds is 4. The molecule has 9 heteroatoms. The van der Waals surface area contributed by atoms with Gasteiger partial charge in [-0.3, -0.25) is 10.1 Å². The van der Waals surface area contributed by atoms with E-state index in [1.165, 1.54) is 6.07 Å². The van der Waals surface area contributed by atoms with Crippen LogP contribution in [-0.4, -0.2) is 41.2 Å². The summed E-state index contributed by atoms with van der Waals surface area (Å²) in [4.78, 5) is 22.3. The van der Waals surface area contributed by atoms with Crippen molar-refractivity contribution in [2.75, 3.05) is 36.5 Å². The maximum absolute atomic E-state index is 11.3. The fraction of sp³-hybridized carbons (Fsp3) is 0.222. The molecule has 8 nitrogen and oxygen atoms in total. The number of nitrogens with zero attached hydrogens (tertiary/aromatic N) is 4. The van der Waals surface area contributed by atoms with Crippen LogP contribution in [0, 0.1) is 10.1 Å². The first-order valence-electron chi connectivity index (χ1n) is 8.42. The number of morpholine rings is 1. The van der Waals surface area contributed by atoms with Crippen LogP contribution in [-0.2, 0) is 4.74 Å². The number of anilines is 3. The molecule has 1 fully saturated rings. The molecule has 1 aromatic heterocycles. The average Bonchev–Trinajstić information content (AvgIpc) is 2.69. The van der Waals surface area contributed by atoms with Crippen molar-refractivity contribution in [1.82, 2.24) is 9.97 Å². The van der Waals surface area contributed by atoms with Crippen LogP contribution in [0.5, 0.6) is 0 Å². The van der Waals surface area contributed by atoms with Gasteiger partial charge in [0.15, 0.2) is 0 Å². The Morgan fingerprint density at radius 1 is 1.15 bits per heavy atom. The minimum atomic E-state index is -0.412. The molecule has 2 aromatic carbocycles. The predicted octanol–water partition coefficient (Wildman–Crippen LogP) is 3.88. The zero-order chi connectivity index (χ0) is 18.8. The fourth-order valence-electron chi connectivity index (χ4n) is 2.95. The van der Waals surface area contributed by atoms with Crippen molar-refractivity contribution in [3.05, 3.63) is 57.1 Å². The van der Waals surface area contributed by atoms with Gasteiger partial charge in [0, 0.05) is 29.0 Å². The summed E-state index contributed by atoms with van der Waals surface area (Å²) in [7, 11) is 0. The highest BCUT2D eigenvalue weighted by molar-refractivity contribution is 9.10. The molecule has 1 N–H and O–H groups in total. The molecule has 4 rings (SSSR count). The molecule has 0 radical (unpaired) electrons. The predicted molar refractivity (Wildman–Crippen MR) is 107 cm³/mol. The van der Waals surface area contributed by atoms with Gasteiger partial charge in [0.25, 0.3) is 5.69 Å². The Morgan fingerprint density at radius 3 is 2.70 bits per heavy atom. The van der Waals surface area contributed by atoms with Gasteiger partial charge in [0.1, 0.15) is 11.5 Å². The second-order valence-electron chi connectivity index (χ2n) is 6.03. The summed E-state index contributed by atoms with van der Waals surface area (Å²) in [5, 5.41) is 15.3. The first-order chi connectivity index (χ1) is 13.1. The van der Waals surface area contributed by atoms with Crippen molar-refractivity contribution in [3.8, 4) is 0 Å². The number of hydrogen-bond acceptors (Lipinski definition) is 7. The normalized spacial score (nSPS) is 14.3. The van der Waals surface area contributed by atoms with E-state index in [0.717, 1.165) is 15.4 Å². The van der Waals surface area contributed by atoms with Gasteiger partial charge in [-0.15, -0.1) is 0 Å². The molecule has 1 aliphatic heterocycles. The first-order valence-corrected chi connectivity index (χ1v) is 9.21. The number of ether oxygens (including phenoxy) is 1. The maximum atomic E-state index is 11.3. The third kappa shape index (κ3) is 3.69. The van der Waals surface area contributed by atoms with E-state index >= 15 is 0 Å². The molecule has 27 heavy (non-hydrogen) atoms. The SMILES string of the molecule is O=[N+]([O-])c1ccccc1Nc1nc(N2CCOCC2)nc2ccc(Br)cc12. The van der Waals surface area contributed by atoms with E-state index in [2.05, 4.69) is 36.1 Å². The monoisotopic (exact) mass is 429 g/mol. The number of benzene rings is 2. The van der Waals surface area contributed by atoms with Gasteiger partial charge < -0.3 is 15.0 Å². The highest BCUT2D eigenvalue weighted by atomic mass is 79.9. The quantitative estimate of drug-likeness (QED) is 0.496. The van der Waals surface area contributed by atoms with Crippen LogP contribution >= 0.6 is 15.9 Å². The highest BCUT2D eigenvalue weighted by Gasteiger charge is 2.19. The van der Waals surface area contributed by atoms with Crippen LogP contribution in [0.4, 0.5) is 23.1 Å². The number of fused-ring (bicyclic) bond motifs is 1. The van der Waals surface area contributed by atoms with Crippen LogP contribution in [0.3, 0.4) is 0 Å². The molecule has 1 saturated heterocycles. The Hall–Kier alpha value is -2.78. The third-order valence-electron chi connectivity index (χ3n) is 4.29. The standard InChI is InChI=1S/C18H16BrN5O3/c19-12-5-6-14-13(11-12)17(20-15-3-1-2-4-16(15)24(25)26)22-18(21-14)23-7-9-27-10-8-23/h1-6,11H,7-10H2,(H,20,21,22). The van der Waals surface area contributed by atoms with Crippen molar-refractivity contribution >= 4 is 50.0 Å². The molecule has 1 aliphatic rings. The summed E-state index contributed by atoms with van der Waals surface area (Å²) in [6.45, 7) is 2.64. The molecule has 0 saturated carbocycles. The van der Waals surface area contributed by atoms with Crippen LogP contribution < -0.4 is 10.2 Å². The largest absolute Gasteiger partial charge is 0.378 e. The Labute approximate surface area is 163 Å². The molecule has 0 aliphatic carbocycles. The lowest BCUT2D eigenvalue weighted by atomic mass is 10.2. The summed E-state index contributed by atoms with van der Waals surface area (Å²) in [5.74, 6) is 1.10. The summed E-state index contributed by atoms with van der Waals surface area (Å²) >= 11 is 3.47. The van der Waals surface area contributed by atoms with E-state index in [1.807, 2.05) is 18.2 Å². The Kier molecular flexibility index (Phi) is 4.87. The van der Waals surface area contributed by atoms with Crippen molar-refractivity contribution in [3.63, 3.8) is 0 Å². The average molecular weight is 430 g/mol. The third-order valence-corrected chi connectivity index (χ3v) is 4.79. The molecule has 0 amide bonds. The van der Waals surface area contributed by atoms with Gasteiger partial charge in [0.2, 0.25) is 5.95 Å². The minimum absolute atomic E-state index is 0.00724. The fourth-order valence-corrected chi connectivity index (χ4v) is 3.32. The van der Waals surface area contributed by atoms with Gasteiger partial charge in [0.05, 0.1) is 23.7 Å². The van der Waals surface area contributed by atoms with Crippen LogP contribution in [0.2, 0.25) is 0 Å². The molecule has 138 valence electrons. The van der Waals surface area contributed by atoms with Crippen molar-refractivity contribution in [1.29, 1.82) is 0 Å². The maximum Gasteiger partial charge on any atom is 0.292 e. The Balaban J connectivity index is 1.82. The van der Waals surface area contributed by atoms with Crippen LogP contribution in [0.15, 0.2) is 46.9 Å². The molecule has 2 heterocycles. The number of nitro groups is 1. The zero-order valence-corrected chi connectivity index (χ0v) is 15.8. The van der Waals surface area contributed by atoms with Crippen LogP contribution in [0.1, 0.15) is 0 Å². The summed E-state index contributed by atoms with van der Waals surface area (Å²) in [6.07, 6.45) is 0. The number of aromatic nitrogens is 2. The van der Waals surface area contributed by atoms with Crippen LogP contribution in [0.25, 0.3) is 10.9 Å². The second kappa shape index (κ2) is 7.45. The highest BCUT2D eigenvalue weighted by Crippen LogP contribution is 2.32. The van der Waals surface area contributed by atoms with Gasteiger partial charge in [-0.05, 0) is 24.3 Å². The second-order valence-corrected chi connectivity index (χ2v) is 6.95. The topological polar surface area (TPSA) is 93.4 Å². The van der Waals surface area contributed by atoms with E-state index in [0.29, 0.717) is 43.8 Å². The smallest absolute Gasteiger partial charge is 0.292 e.